The molecule has 2 N–H and O–H groups in total. The normalized spacial score (nSPS) is 13.2. The van der Waals surface area contributed by atoms with Gasteiger partial charge < -0.3 is 20.1 Å². The van der Waals surface area contributed by atoms with Crippen LogP contribution in [0.15, 0.2) is 52.4 Å². The molecule has 0 fully saturated rings. The Labute approximate surface area is 235 Å². The fourth-order valence-electron chi connectivity index (χ4n) is 3.34. The van der Waals surface area contributed by atoms with E-state index in [0.717, 1.165) is 30.1 Å². The number of hydrogen-bond donors (Lipinski definition) is 2. The SMILES string of the molecule is Cc1c(Cl)cccc1S(=O)(=O)N(C)CCOCC(=O)N(C)Cc1ccc(C2=NCCN2)cc1.O=C(O)C(F)(F)F. The molecule has 0 aliphatic carbocycles. The Bertz CT molecular complexity index is 1320. The van der Waals surface area contributed by atoms with E-state index in [-0.39, 0.29) is 30.6 Å². The third-order valence-corrected chi connectivity index (χ3v) is 8.08. The molecule has 0 saturated carbocycles. The molecule has 1 aliphatic heterocycles. The van der Waals surface area contributed by atoms with Crippen molar-refractivity contribution in [3.63, 3.8) is 0 Å². The van der Waals surface area contributed by atoms with Crippen LogP contribution in [0.25, 0.3) is 0 Å². The van der Waals surface area contributed by atoms with Crippen LogP contribution in [0.3, 0.4) is 0 Å². The maximum Gasteiger partial charge on any atom is 0.490 e. The second kappa shape index (κ2) is 14.4. The van der Waals surface area contributed by atoms with Crippen LogP contribution in [-0.4, -0.2) is 93.6 Å². The Morgan fingerprint density at radius 2 is 1.77 bits per heavy atom. The number of likely N-dealkylation sites (N-methyl/N-ethyl adjacent to an activating group) is 2. The van der Waals surface area contributed by atoms with Gasteiger partial charge in [-0.25, -0.2) is 13.2 Å². The number of carboxylic acids is 1. The van der Waals surface area contributed by atoms with E-state index in [0.29, 0.717) is 17.1 Å². The summed E-state index contributed by atoms with van der Waals surface area (Å²) in [5.41, 5.74) is 2.53. The van der Waals surface area contributed by atoms with Crippen molar-refractivity contribution in [2.45, 2.75) is 24.5 Å². The van der Waals surface area contributed by atoms with Gasteiger partial charge in [-0.05, 0) is 30.2 Å². The largest absolute Gasteiger partial charge is 0.490 e. The van der Waals surface area contributed by atoms with Gasteiger partial charge in [0.2, 0.25) is 15.9 Å². The van der Waals surface area contributed by atoms with Crippen molar-refractivity contribution in [2.75, 3.05) is 46.9 Å². The number of amides is 1. The molecular formula is C25H30ClF3N4O6S. The number of aliphatic imine (C=N–C) groups is 1. The van der Waals surface area contributed by atoms with Gasteiger partial charge in [0.05, 0.1) is 18.0 Å². The Morgan fingerprint density at radius 1 is 1.15 bits per heavy atom. The topological polar surface area (TPSA) is 129 Å². The molecular weight excluding hydrogens is 577 g/mol. The molecule has 0 bridgehead atoms. The number of carbonyl (C=O) groups excluding carboxylic acids is 1. The predicted octanol–water partition coefficient (Wildman–Crippen LogP) is 2.93. The zero-order valence-corrected chi connectivity index (χ0v) is 23.6. The number of alkyl halides is 3. The van der Waals surface area contributed by atoms with Crippen molar-refractivity contribution in [1.29, 1.82) is 0 Å². The third kappa shape index (κ3) is 9.47. The molecule has 0 spiro atoms. The third-order valence-electron chi connectivity index (χ3n) is 5.67. The van der Waals surface area contributed by atoms with Gasteiger partial charge in [0, 0.05) is 44.3 Å². The molecule has 15 heteroatoms. The summed E-state index contributed by atoms with van der Waals surface area (Å²) in [6, 6.07) is 12.7. The molecule has 1 amide bonds. The first-order valence-electron chi connectivity index (χ1n) is 11.9. The number of amidine groups is 1. The molecule has 0 unspecified atom stereocenters. The van der Waals surface area contributed by atoms with Gasteiger partial charge in [0.15, 0.2) is 0 Å². The second-order valence-electron chi connectivity index (χ2n) is 8.65. The van der Waals surface area contributed by atoms with Crippen LogP contribution in [0, 0.1) is 6.92 Å². The van der Waals surface area contributed by atoms with Crippen molar-refractivity contribution >= 4 is 39.3 Å². The van der Waals surface area contributed by atoms with Crippen LogP contribution in [-0.2, 0) is 30.9 Å². The number of sulfonamides is 1. The van der Waals surface area contributed by atoms with E-state index in [1.54, 1.807) is 31.0 Å². The average Bonchev–Trinajstić information content (AvgIpc) is 3.43. The number of nitrogens with zero attached hydrogens (tertiary/aromatic N) is 3. The number of carboxylic acid groups (broad SMARTS) is 1. The van der Waals surface area contributed by atoms with E-state index in [2.05, 4.69) is 10.3 Å². The number of benzene rings is 2. The lowest BCUT2D eigenvalue weighted by Crippen LogP contribution is -2.33. The molecule has 0 atom stereocenters. The smallest absolute Gasteiger partial charge is 0.475 e. The van der Waals surface area contributed by atoms with Crippen LogP contribution in [0.2, 0.25) is 5.02 Å². The lowest BCUT2D eigenvalue weighted by Gasteiger charge is -2.20. The summed E-state index contributed by atoms with van der Waals surface area (Å²) in [5.74, 6) is -2.04. The predicted molar refractivity (Wildman–Crippen MR) is 143 cm³/mol. The fraction of sp³-hybridized carbons (Fsp3) is 0.400. The minimum absolute atomic E-state index is 0.0960. The fourth-order valence-corrected chi connectivity index (χ4v) is 4.97. The van der Waals surface area contributed by atoms with E-state index in [4.69, 9.17) is 26.2 Å². The molecule has 1 aliphatic rings. The number of carbonyl (C=O) groups is 2. The number of halogens is 4. The maximum absolute atomic E-state index is 12.8. The summed E-state index contributed by atoms with van der Waals surface area (Å²) in [4.78, 5) is 27.4. The summed E-state index contributed by atoms with van der Waals surface area (Å²) >= 11 is 6.05. The van der Waals surface area contributed by atoms with E-state index >= 15 is 0 Å². The highest BCUT2D eigenvalue weighted by molar-refractivity contribution is 7.89. The summed E-state index contributed by atoms with van der Waals surface area (Å²) in [6.07, 6.45) is -5.08. The molecule has 40 heavy (non-hydrogen) atoms. The lowest BCUT2D eigenvalue weighted by atomic mass is 10.1. The van der Waals surface area contributed by atoms with Gasteiger partial charge in [-0.2, -0.15) is 17.5 Å². The highest BCUT2D eigenvalue weighted by atomic mass is 35.5. The Balaban J connectivity index is 0.000000708. The van der Waals surface area contributed by atoms with Gasteiger partial charge in [0.25, 0.3) is 0 Å². The minimum Gasteiger partial charge on any atom is -0.475 e. The molecule has 3 rings (SSSR count). The molecule has 2 aromatic rings. The van der Waals surface area contributed by atoms with E-state index in [1.807, 2.05) is 24.3 Å². The number of hydrogen-bond acceptors (Lipinski definition) is 7. The maximum atomic E-state index is 12.8. The van der Waals surface area contributed by atoms with Gasteiger partial charge >= 0.3 is 12.1 Å². The Hall–Kier alpha value is -3.20. The number of rotatable bonds is 10. The van der Waals surface area contributed by atoms with E-state index in [9.17, 15) is 26.4 Å². The van der Waals surface area contributed by atoms with Gasteiger partial charge in [-0.15, -0.1) is 0 Å². The highest BCUT2D eigenvalue weighted by Crippen LogP contribution is 2.24. The van der Waals surface area contributed by atoms with Crippen molar-refractivity contribution in [1.82, 2.24) is 14.5 Å². The Kier molecular flexibility index (Phi) is 11.9. The lowest BCUT2D eigenvalue weighted by molar-refractivity contribution is -0.192. The second-order valence-corrected chi connectivity index (χ2v) is 11.1. The molecule has 1 heterocycles. The van der Waals surface area contributed by atoms with Gasteiger partial charge in [-0.3, -0.25) is 9.79 Å². The highest BCUT2D eigenvalue weighted by Gasteiger charge is 2.38. The zero-order chi connectivity index (χ0) is 30.1. The molecule has 10 nitrogen and oxygen atoms in total. The standard InChI is InChI=1S/C23H29ClN4O4S.C2HF3O2/c1-17-20(24)5-4-6-21(17)33(30,31)28(3)13-14-32-16-22(29)27(2)15-18-7-9-19(10-8-18)23-25-11-12-26-23;3-2(4,5)1(6)7/h4-10H,11-16H2,1-3H3,(H,25,26);(H,6,7). The van der Waals surface area contributed by atoms with Gasteiger partial charge in [-0.1, -0.05) is 41.9 Å². The summed E-state index contributed by atoms with van der Waals surface area (Å²) in [6.45, 7) is 3.85. The van der Waals surface area contributed by atoms with Crippen molar-refractivity contribution in [3.05, 3.63) is 64.2 Å². The number of nitrogens with one attached hydrogen (secondary N) is 1. The van der Waals surface area contributed by atoms with Crippen LogP contribution in [0.4, 0.5) is 13.2 Å². The molecule has 220 valence electrons. The molecule has 0 radical (unpaired) electrons. The molecule has 2 aromatic carbocycles. The summed E-state index contributed by atoms with van der Waals surface area (Å²) in [5, 5.41) is 10.8. The first-order chi connectivity index (χ1) is 18.6. The van der Waals surface area contributed by atoms with Crippen LogP contribution >= 0.6 is 11.6 Å². The summed E-state index contributed by atoms with van der Waals surface area (Å²) < 4.78 is 63.9. The van der Waals surface area contributed by atoms with Crippen molar-refractivity contribution < 1.29 is 41.0 Å². The quantitative estimate of drug-likeness (QED) is 0.398. The zero-order valence-electron chi connectivity index (χ0n) is 22.0. The summed E-state index contributed by atoms with van der Waals surface area (Å²) in [7, 11) is -0.515. The first kappa shape index (κ1) is 33.0. The number of aliphatic carboxylic acids is 1. The molecule has 0 aromatic heterocycles. The average molecular weight is 607 g/mol. The van der Waals surface area contributed by atoms with Crippen LogP contribution < -0.4 is 5.32 Å². The van der Waals surface area contributed by atoms with Crippen LogP contribution in [0.5, 0.6) is 0 Å². The van der Waals surface area contributed by atoms with Crippen molar-refractivity contribution in [2.24, 2.45) is 4.99 Å². The van der Waals surface area contributed by atoms with E-state index < -0.39 is 22.2 Å². The van der Waals surface area contributed by atoms with Gasteiger partial charge in [0.1, 0.15) is 12.4 Å². The minimum atomic E-state index is -5.08. The van der Waals surface area contributed by atoms with Crippen molar-refractivity contribution in [3.8, 4) is 0 Å². The monoisotopic (exact) mass is 606 g/mol. The molecule has 0 saturated heterocycles. The van der Waals surface area contributed by atoms with Crippen LogP contribution in [0.1, 0.15) is 16.7 Å². The number of ether oxygens (including phenoxy) is 1. The Morgan fingerprint density at radius 3 is 2.33 bits per heavy atom. The first-order valence-corrected chi connectivity index (χ1v) is 13.7. The van der Waals surface area contributed by atoms with E-state index in [1.165, 1.54) is 17.4 Å².